The van der Waals surface area contributed by atoms with Crippen molar-refractivity contribution in [2.45, 2.75) is 32.2 Å². The van der Waals surface area contributed by atoms with Crippen LogP contribution < -0.4 is 5.32 Å². The van der Waals surface area contributed by atoms with E-state index in [2.05, 4.69) is 30.4 Å². The number of likely N-dealkylation sites (N-methyl/N-ethyl adjacent to an activating group) is 1. The van der Waals surface area contributed by atoms with Crippen LogP contribution in [0.2, 0.25) is 5.02 Å². The number of hydrogen-bond acceptors (Lipinski definition) is 1. The lowest BCUT2D eigenvalue weighted by Gasteiger charge is -2.20. The van der Waals surface area contributed by atoms with Gasteiger partial charge in [-0.05, 0) is 43.5 Å². The van der Waals surface area contributed by atoms with E-state index in [4.69, 9.17) is 11.6 Å². The highest BCUT2D eigenvalue weighted by molar-refractivity contribution is 6.30. The number of rotatable bonds is 4. The van der Waals surface area contributed by atoms with Gasteiger partial charge < -0.3 is 5.32 Å². The van der Waals surface area contributed by atoms with Crippen molar-refractivity contribution in [2.24, 2.45) is 0 Å². The zero-order chi connectivity index (χ0) is 11.4. The van der Waals surface area contributed by atoms with E-state index in [1.54, 1.807) is 0 Å². The Hall–Kier alpha value is -0.790. The highest BCUT2D eigenvalue weighted by Gasteiger charge is 2.17. The first-order valence-electron chi connectivity index (χ1n) is 5.99. The van der Waals surface area contributed by atoms with Crippen molar-refractivity contribution < 1.29 is 0 Å². The molecule has 0 saturated heterocycles. The maximum absolute atomic E-state index is 5.92. The first kappa shape index (κ1) is 11.7. The quantitative estimate of drug-likeness (QED) is 0.775. The van der Waals surface area contributed by atoms with Gasteiger partial charge in [-0.25, -0.2) is 0 Å². The van der Waals surface area contributed by atoms with Crippen LogP contribution in [0.3, 0.4) is 0 Å². The molecule has 1 N–H and O–H groups in total. The van der Waals surface area contributed by atoms with Crippen molar-refractivity contribution in [1.29, 1.82) is 0 Å². The summed E-state index contributed by atoms with van der Waals surface area (Å²) in [6.07, 6.45) is 6.12. The fourth-order valence-electron chi connectivity index (χ4n) is 2.28. The summed E-state index contributed by atoms with van der Waals surface area (Å²) in [5.74, 6) is 0. The molecule has 0 saturated carbocycles. The van der Waals surface area contributed by atoms with Crippen LogP contribution in [-0.4, -0.2) is 6.54 Å². The van der Waals surface area contributed by atoms with Crippen molar-refractivity contribution in [3.8, 4) is 0 Å². The lowest BCUT2D eigenvalue weighted by atomic mass is 9.98. The molecule has 0 radical (unpaired) electrons. The Morgan fingerprint density at radius 1 is 1.31 bits per heavy atom. The van der Waals surface area contributed by atoms with Crippen LogP contribution >= 0.6 is 11.6 Å². The molecule has 2 heteroatoms. The second kappa shape index (κ2) is 5.51. The van der Waals surface area contributed by atoms with E-state index >= 15 is 0 Å². The first-order valence-corrected chi connectivity index (χ1v) is 6.37. The third-order valence-corrected chi connectivity index (χ3v) is 3.31. The molecule has 0 fully saturated rings. The SMILES string of the molecule is CCNC(C1=CCCC1)c1ccc(Cl)cc1. The molecule has 0 aliphatic heterocycles. The minimum Gasteiger partial charge on any atom is -0.307 e. The zero-order valence-corrected chi connectivity index (χ0v) is 10.4. The average Bonchev–Trinajstić information content (AvgIpc) is 2.81. The lowest BCUT2D eigenvalue weighted by molar-refractivity contribution is 0.605. The van der Waals surface area contributed by atoms with Gasteiger partial charge in [0.05, 0.1) is 6.04 Å². The van der Waals surface area contributed by atoms with Gasteiger partial charge in [0.15, 0.2) is 0 Å². The second-order valence-electron chi connectivity index (χ2n) is 4.21. The van der Waals surface area contributed by atoms with E-state index < -0.39 is 0 Å². The van der Waals surface area contributed by atoms with Crippen LogP contribution in [0.4, 0.5) is 0 Å². The van der Waals surface area contributed by atoms with Gasteiger partial charge in [-0.3, -0.25) is 0 Å². The van der Waals surface area contributed by atoms with Gasteiger partial charge >= 0.3 is 0 Å². The molecule has 1 aliphatic carbocycles. The molecule has 0 spiro atoms. The molecule has 1 atom stereocenters. The largest absolute Gasteiger partial charge is 0.307 e. The van der Waals surface area contributed by atoms with Gasteiger partial charge in [0.2, 0.25) is 0 Å². The van der Waals surface area contributed by atoms with Crippen molar-refractivity contribution >= 4 is 11.6 Å². The summed E-state index contributed by atoms with van der Waals surface area (Å²) in [6, 6.07) is 8.56. The number of hydrogen-bond donors (Lipinski definition) is 1. The number of halogens is 1. The summed E-state index contributed by atoms with van der Waals surface area (Å²) in [6.45, 7) is 3.14. The van der Waals surface area contributed by atoms with E-state index in [1.807, 2.05) is 12.1 Å². The van der Waals surface area contributed by atoms with Crippen LogP contribution in [0.25, 0.3) is 0 Å². The molecule has 2 rings (SSSR count). The summed E-state index contributed by atoms with van der Waals surface area (Å²) < 4.78 is 0. The molecule has 16 heavy (non-hydrogen) atoms. The predicted octanol–water partition coefficient (Wildman–Crippen LogP) is 4.10. The van der Waals surface area contributed by atoms with Gasteiger partial charge in [-0.15, -0.1) is 0 Å². The summed E-state index contributed by atoms with van der Waals surface area (Å²) in [7, 11) is 0. The summed E-state index contributed by atoms with van der Waals surface area (Å²) >= 11 is 5.92. The Bertz CT molecular complexity index is 367. The van der Waals surface area contributed by atoms with Crippen molar-refractivity contribution in [3.63, 3.8) is 0 Å². The minimum atomic E-state index is 0.379. The topological polar surface area (TPSA) is 12.0 Å². The van der Waals surface area contributed by atoms with E-state index in [0.29, 0.717) is 6.04 Å². The second-order valence-corrected chi connectivity index (χ2v) is 4.65. The number of allylic oxidation sites excluding steroid dienone is 1. The standard InChI is InChI=1S/C14H18ClN/c1-2-16-14(11-5-3-4-6-11)12-7-9-13(15)10-8-12/h5,7-10,14,16H,2-4,6H2,1H3. The molecule has 0 bridgehead atoms. The molecule has 0 aromatic heterocycles. The van der Waals surface area contributed by atoms with Crippen molar-refractivity contribution in [1.82, 2.24) is 5.32 Å². The normalized spacial score (nSPS) is 17.2. The van der Waals surface area contributed by atoms with Crippen LogP contribution in [0.1, 0.15) is 37.8 Å². The van der Waals surface area contributed by atoms with Crippen LogP contribution in [0, 0.1) is 0 Å². The highest BCUT2D eigenvalue weighted by atomic mass is 35.5. The lowest BCUT2D eigenvalue weighted by Crippen LogP contribution is -2.22. The third-order valence-electron chi connectivity index (χ3n) is 3.06. The molecular formula is C14H18ClN. The Kier molecular flexibility index (Phi) is 4.03. The Morgan fingerprint density at radius 3 is 2.62 bits per heavy atom. The Labute approximate surface area is 103 Å². The molecular weight excluding hydrogens is 218 g/mol. The van der Waals surface area contributed by atoms with Crippen LogP contribution in [-0.2, 0) is 0 Å². The van der Waals surface area contributed by atoms with E-state index in [-0.39, 0.29) is 0 Å². The first-order chi connectivity index (χ1) is 7.81. The average molecular weight is 236 g/mol. The van der Waals surface area contributed by atoms with Gasteiger partial charge in [-0.2, -0.15) is 0 Å². The smallest absolute Gasteiger partial charge is 0.0535 e. The highest BCUT2D eigenvalue weighted by Crippen LogP contribution is 2.31. The molecule has 1 aliphatic rings. The van der Waals surface area contributed by atoms with Gasteiger partial charge in [-0.1, -0.05) is 42.3 Å². The molecule has 0 amide bonds. The van der Waals surface area contributed by atoms with Crippen molar-refractivity contribution in [3.05, 3.63) is 46.5 Å². The molecule has 1 aromatic carbocycles. The maximum Gasteiger partial charge on any atom is 0.0535 e. The molecule has 1 aromatic rings. The minimum absolute atomic E-state index is 0.379. The van der Waals surface area contributed by atoms with Crippen LogP contribution in [0.5, 0.6) is 0 Å². The summed E-state index contributed by atoms with van der Waals surface area (Å²) in [4.78, 5) is 0. The van der Waals surface area contributed by atoms with E-state index in [1.165, 1.54) is 30.4 Å². The summed E-state index contributed by atoms with van der Waals surface area (Å²) in [5, 5.41) is 4.35. The van der Waals surface area contributed by atoms with E-state index in [9.17, 15) is 0 Å². The fourth-order valence-corrected chi connectivity index (χ4v) is 2.41. The third kappa shape index (κ3) is 2.66. The predicted molar refractivity (Wildman–Crippen MR) is 69.8 cm³/mol. The molecule has 1 nitrogen and oxygen atoms in total. The van der Waals surface area contributed by atoms with E-state index in [0.717, 1.165) is 11.6 Å². The van der Waals surface area contributed by atoms with Gasteiger partial charge in [0.25, 0.3) is 0 Å². The molecule has 1 unspecified atom stereocenters. The number of benzene rings is 1. The Balaban J connectivity index is 2.21. The number of nitrogens with one attached hydrogen (secondary N) is 1. The van der Waals surface area contributed by atoms with Crippen molar-refractivity contribution in [2.75, 3.05) is 6.54 Å². The summed E-state index contributed by atoms with van der Waals surface area (Å²) in [5.41, 5.74) is 2.85. The molecule has 0 heterocycles. The molecule has 86 valence electrons. The van der Waals surface area contributed by atoms with Crippen LogP contribution in [0.15, 0.2) is 35.9 Å². The van der Waals surface area contributed by atoms with Gasteiger partial charge in [0, 0.05) is 5.02 Å². The maximum atomic E-state index is 5.92. The van der Waals surface area contributed by atoms with Gasteiger partial charge in [0.1, 0.15) is 0 Å². The monoisotopic (exact) mass is 235 g/mol. The Morgan fingerprint density at radius 2 is 2.06 bits per heavy atom. The fraction of sp³-hybridized carbons (Fsp3) is 0.429. The zero-order valence-electron chi connectivity index (χ0n) is 9.67.